The van der Waals surface area contributed by atoms with Crippen molar-refractivity contribution in [3.05, 3.63) is 35.6 Å². The second-order valence-electron chi connectivity index (χ2n) is 6.24. The zero-order chi connectivity index (χ0) is 15.9. The first kappa shape index (κ1) is 18.1. The SMILES string of the molecule is CCCNC(CCN(C)C(C)(C)CO)c1ccc(F)cc1. The first-order valence-corrected chi connectivity index (χ1v) is 7.71. The molecule has 1 unspecified atom stereocenters. The number of nitrogens with one attached hydrogen (secondary N) is 1. The highest BCUT2D eigenvalue weighted by atomic mass is 19.1. The van der Waals surface area contributed by atoms with Crippen LogP contribution in [0.1, 0.15) is 45.2 Å². The molecule has 1 aromatic carbocycles. The topological polar surface area (TPSA) is 35.5 Å². The standard InChI is InChI=1S/C17H29FN2O/c1-5-11-19-16(14-6-8-15(18)9-7-14)10-12-20(4)17(2,3)13-21/h6-9,16,19,21H,5,10-13H2,1-4H3. The minimum absolute atomic E-state index is 0.132. The van der Waals surface area contributed by atoms with Crippen LogP contribution in [-0.2, 0) is 0 Å². The lowest BCUT2D eigenvalue weighted by Crippen LogP contribution is -2.45. The maximum absolute atomic E-state index is 13.1. The van der Waals surface area contributed by atoms with E-state index in [1.165, 1.54) is 12.1 Å². The number of aliphatic hydroxyl groups excluding tert-OH is 1. The number of halogens is 1. The van der Waals surface area contributed by atoms with Crippen LogP contribution in [-0.4, -0.2) is 42.3 Å². The van der Waals surface area contributed by atoms with Gasteiger partial charge >= 0.3 is 0 Å². The molecule has 0 fully saturated rings. The Bertz CT molecular complexity index is 406. The zero-order valence-corrected chi connectivity index (χ0v) is 13.7. The number of benzene rings is 1. The minimum atomic E-state index is -0.224. The Morgan fingerprint density at radius 2 is 1.90 bits per heavy atom. The third-order valence-electron chi connectivity index (χ3n) is 4.09. The van der Waals surface area contributed by atoms with Crippen molar-refractivity contribution in [2.75, 3.05) is 26.7 Å². The van der Waals surface area contributed by atoms with Crippen LogP contribution in [0.2, 0.25) is 0 Å². The molecule has 0 saturated carbocycles. The van der Waals surface area contributed by atoms with Gasteiger partial charge in [0.15, 0.2) is 0 Å². The van der Waals surface area contributed by atoms with Gasteiger partial charge in [-0.2, -0.15) is 0 Å². The largest absolute Gasteiger partial charge is 0.394 e. The second-order valence-corrected chi connectivity index (χ2v) is 6.24. The zero-order valence-electron chi connectivity index (χ0n) is 13.7. The summed E-state index contributed by atoms with van der Waals surface area (Å²) in [5.41, 5.74) is 0.887. The van der Waals surface area contributed by atoms with E-state index < -0.39 is 0 Å². The molecule has 0 heterocycles. The lowest BCUT2D eigenvalue weighted by molar-refractivity contribution is 0.0757. The highest BCUT2D eigenvalue weighted by molar-refractivity contribution is 5.20. The monoisotopic (exact) mass is 296 g/mol. The Morgan fingerprint density at radius 3 is 2.43 bits per heavy atom. The maximum atomic E-state index is 13.1. The van der Waals surface area contributed by atoms with Gasteiger partial charge in [0, 0.05) is 18.1 Å². The lowest BCUT2D eigenvalue weighted by atomic mass is 10.0. The molecule has 4 heteroatoms. The van der Waals surface area contributed by atoms with Gasteiger partial charge < -0.3 is 10.4 Å². The molecule has 0 spiro atoms. The average molecular weight is 296 g/mol. The molecule has 0 radical (unpaired) electrons. The molecule has 21 heavy (non-hydrogen) atoms. The van der Waals surface area contributed by atoms with Crippen molar-refractivity contribution < 1.29 is 9.50 Å². The Hall–Kier alpha value is -0.970. The second kappa shape index (κ2) is 8.47. The average Bonchev–Trinajstić information content (AvgIpc) is 2.48. The van der Waals surface area contributed by atoms with Crippen molar-refractivity contribution in [1.82, 2.24) is 10.2 Å². The van der Waals surface area contributed by atoms with Crippen LogP contribution >= 0.6 is 0 Å². The summed E-state index contributed by atoms with van der Waals surface area (Å²) >= 11 is 0. The van der Waals surface area contributed by atoms with Crippen molar-refractivity contribution in [3.8, 4) is 0 Å². The number of rotatable bonds is 9. The van der Waals surface area contributed by atoms with Gasteiger partial charge in [-0.3, -0.25) is 4.90 Å². The summed E-state index contributed by atoms with van der Waals surface area (Å²) in [6.45, 7) is 8.13. The third kappa shape index (κ3) is 5.73. The van der Waals surface area contributed by atoms with E-state index >= 15 is 0 Å². The number of nitrogens with zero attached hydrogens (tertiary/aromatic N) is 1. The normalized spacial score (nSPS) is 13.7. The summed E-state index contributed by atoms with van der Waals surface area (Å²) in [6, 6.07) is 6.93. The van der Waals surface area contributed by atoms with Gasteiger partial charge in [0.05, 0.1) is 6.61 Å². The van der Waals surface area contributed by atoms with Gasteiger partial charge in [0.25, 0.3) is 0 Å². The Labute approximate surface area is 128 Å². The summed E-state index contributed by atoms with van der Waals surface area (Å²) in [6.07, 6.45) is 1.99. The fourth-order valence-electron chi connectivity index (χ4n) is 2.15. The van der Waals surface area contributed by atoms with Crippen LogP contribution < -0.4 is 5.32 Å². The molecule has 2 N–H and O–H groups in total. The first-order valence-electron chi connectivity index (χ1n) is 7.71. The molecule has 1 rings (SSSR count). The van der Waals surface area contributed by atoms with Crippen LogP contribution in [0, 0.1) is 5.82 Å². The maximum Gasteiger partial charge on any atom is 0.123 e. The van der Waals surface area contributed by atoms with Gasteiger partial charge in [-0.15, -0.1) is 0 Å². The van der Waals surface area contributed by atoms with Crippen molar-refractivity contribution >= 4 is 0 Å². The van der Waals surface area contributed by atoms with E-state index in [9.17, 15) is 9.50 Å². The lowest BCUT2D eigenvalue weighted by Gasteiger charge is -2.35. The van der Waals surface area contributed by atoms with Crippen LogP contribution in [0.5, 0.6) is 0 Å². The van der Waals surface area contributed by atoms with E-state index in [-0.39, 0.29) is 24.0 Å². The molecule has 1 atom stereocenters. The molecule has 3 nitrogen and oxygen atoms in total. The van der Waals surface area contributed by atoms with Gasteiger partial charge in [-0.25, -0.2) is 4.39 Å². The van der Waals surface area contributed by atoms with Crippen LogP contribution in [0.4, 0.5) is 4.39 Å². The van der Waals surface area contributed by atoms with Gasteiger partial charge in [0.2, 0.25) is 0 Å². The van der Waals surface area contributed by atoms with Crippen molar-refractivity contribution in [2.45, 2.75) is 45.2 Å². The number of likely N-dealkylation sites (N-methyl/N-ethyl adjacent to an activating group) is 1. The summed E-state index contributed by atoms with van der Waals surface area (Å²) in [7, 11) is 2.03. The first-order chi connectivity index (χ1) is 9.90. The fraction of sp³-hybridized carbons (Fsp3) is 0.647. The summed E-state index contributed by atoms with van der Waals surface area (Å²) < 4.78 is 13.1. The van der Waals surface area contributed by atoms with Crippen LogP contribution in [0.15, 0.2) is 24.3 Å². The van der Waals surface area contributed by atoms with Gasteiger partial charge in [0.1, 0.15) is 5.82 Å². The van der Waals surface area contributed by atoms with Gasteiger partial charge in [-0.1, -0.05) is 19.1 Å². The molecular weight excluding hydrogens is 267 g/mol. The molecule has 1 aromatic rings. The Kier molecular flexibility index (Phi) is 7.29. The highest BCUT2D eigenvalue weighted by Gasteiger charge is 2.23. The molecule has 0 amide bonds. The third-order valence-corrected chi connectivity index (χ3v) is 4.09. The van der Waals surface area contributed by atoms with Crippen LogP contribution in [0.25, 0.3) is 0 Å². The molecule has 0 saturated heterocycles. The van der Waals surface area contributed by atoms with Crippen molar-refractivity contribution in [3.63, 3.8) is 0 Å². The Morgan fingerprint density at radius 1 is 1.29 bits per heavy atom. The van der Waals surface area contributed by atoms with E-state index in [0.29, 0.717) is 0 Å². The Balaban J connectivity index is 2.68. The molecule has 0 aliphatic rings. The van der Waals surface area contributed by atoms with E-state index in [1.807, 2.05) is 33.0 Å². The van der Waals surface area contributed by atoms with Crippen LogP contribution in [0.3, 0.4) is 0 Å². The molecule has 0 aromatic heterocycles. The van der Waals surface area contributed by atoms with E-state index in [1.54, 1.807) is 0 Å². The predicted molar refractivity (Wildman–Crippen MR) is 85.8 cm³/mol. The number of hydrogen-bond donors (Lipinski definition) is 2. The summed E-state index contributed by atoms with van der Waals surface area (Å²) in [5.74, 6) is -0.202. The number of hydrogen-bond acceptors (Lipinski definition) is 3. The molecule has 0 aliphatic heterocycles. The molecule has 0 bridgehead atoms. The predicted octanol–water partition coefficient (Wildman–Crippen LogP) is 2.96. The smallest absolute Gasteiger partial charge is 0.123 e. The molecule has 0 aliphatic carbocycles. The highest BCUT2D eigenvalue weighted by Crippen LogP contribution is 2.20. The fourth-order valence-corrected chi connectivity index (χ4v) is 2.15. The molecule has 120 valence electrons. The quantitative estimate of drug-likeness (QED) is 0.735. The minimum Gasteiger partial charge on any atom is -0.394 e. The number of aliphatic hydroxyl groups is 1. The van der Waals surface area contributed by atoms with E-state index in [4.69, 9.17) is 0 Å². The van der Waals surface area contributed by atoms with Crippen molar-refractivity contribution in [2.24, 2.45) is 0 Å². The molecular formula is C17H29FN2O. The summed E-state index contributed by atoms with van der Waals surface area (Å²) in [4.78, 5) is 2.16. The van der Waals surface area contributed by atoms with Crippen molar-refractivity contribution in [1.29, 1.82) is 0 Å². The summed E-state index contributed by atoms with van der Waals surface area (Å²) in [5, 5.41) is 12.9. The van der Waals surface area contributed by atoms with E-state index in [2.05, 4.69) is 17.1 Å². The van der Waals surface area contributed by atoms with E-state index in [0.717, 1.165) is 31.5 Å². The van der Waals surface area contributed by atoms with Gasteiger partial charge in [-0.05, 0) is 58.0 Å².